The first-order chi connectivity index (χ1) is 9.72. The maximum Gasteiger partial charge on any atom is 0.133 e. The van der Waals surface area contributed by atoms with Crippen molar-refractivity contribution >= 4 is 33.1 Å². The molecule has 0 unspecified atom stereocenters. The van der Waals surface area contributed by atoms with Crippen molar-refractivity contribution in [1.82, 2.24) is 10.3 Å². The second kappa shape index (κ2) is 6.24. The number of anilines is 1. The lowest BCUT2D eigenvalue weighted by Gasteiger charge is -2.20. The van der Waals surface area contributed by atoms with Gasteiger partial charge in [-0.3, -0.25) is 0 Å². The van der Waals surface area contributed by atoms with Gasteiger partial charge in [0.15, 0.2) is 0 Å². The quantitative estimate of drug-likeness (QED) is 0.857. The lowest BCUT2D eigenvalue weighted by Crippen LogP contribution is -2.22. The van der Waals surface area contributed by atoms with Crippen molar-refractivity contribution in [2.45, 2.75) is 32.0 Å². The van der Waals surface area contributed by atoms with Gasteiger partial charge < -0.3 is 10.2 Å². The molecule has 0 aromatic carbocycles. The summed E-state index contributed by atoms with van der Waals surface area (Å²) in [5.74, 6) is 1.07. The molecule has 3 nitrogen and oxygen atoms in total. The summed E-state index contributed by atoms with van der Waals surface area (Å²) in [5, 5.41) is 5.75. The predicted molar refractivity (Wildman–Crippen MR) is 88.2 cm³/mol. The van der Waals surface area contributed by atoms with Crippen molar-refractivity contribution in [3.63, 3.8) is 0 Å². The Morgan fingerprint density at radius 2 is 2.35 bits per heavy atom. The molecule has 0 saturated heterocycles. The lowest BCUT2D eigenvalue weighted by molar-refractivity contribution is 0.683. The van der Waals surface area contributed by atoms with Gasteiger partial charge in [-0.2, -0.15) is 0 Å². The molecule has 2 aromatic heterocycles. The van der Waals surface area contributed by atoms with E-state index < -0.39 is 0 Å². The summed E-state index contributed by atoms with van der Waals surface area (Å²) in [4.78, 5) is 6.78. The van der Waals surface area contributed by atoms with Crippen LogP contribution in [0.2, 0.25) is 0 Å². The van der Waals surface area contributed by atoms with Crippen molar-refractivity contribution in [2.24, 2.45) is 0 Å². The summed E-state index contributed by atoms with van der Waals surface area (Å²) in [6.07, 6.45) is 4.50. The van der Waals surface area contributed by atoms with Gasteiger partial charge in [0.05, 0.1) is 3.79 Å². The molecule has 0 radical (unpaired) electrons. The molecule has 0 atom stereocenters. The van der Waals surface area contributed by atoms with Crippen LogP contribution in [0.15, 0.2) is 33.6 Å². The van der Waals surface area contributed by atoms with Crippen LogP contribution in [0.25, 0.3) is 0 Å². The summed E-state index contributed by atoms with van der Waals surface area (Å²) < 4.78 is 1.18. The molecule has 3 rings (SSSR count). The molecule has 0 amide bonds. The normalized spacial score (nSPS) is 14.5. The Kier molecular flexibility index (Phi) is 4.38. The molecule has 1 aliphatic rings. The molecular weight excluding hydrogens is 334 g/mol. The molecular formula is C15H18BrN3S. The number of aromatic nitrogens is 1. The highest BCUT2D eigenvalue weighted by molar-refractivity contribution is 9.11. The van der Waals surface area contributed by atoms with Crippen molar-refractivity contribution in [1.29, 1.82) is 0 Å². The van der Waals surface area contributed by atoms with Crippen LogP contribution in [0.4, 0.5) is 5.82 Å². The highest BCUT2D eigenvalue weighted by Gasteiger charge is 2.21. The second-order valence-electron chi connectivity index (χ2n) is 5.26. The van der Waals surface area contributed by atoms with E-state index >= 15 is 0 Å². The Morgan fingerprint density at radius 1 is 1.50 bits per heavy atom. The minimum absolute atomic E-state index is 0.723. The molecule has 0 bridgehead atoms. The van der Waals surface area contributed by atoms with E-state index in [4.69, 9.17) is 0 Å². The van der Waals surface area contributed by atoms with E-state index in [1.54, 1.807) is 11.3 Å². The van der Waals surface area contributed by atoms with Crippen molar-refractivity contribution < 1.29 is 0 Å². The van der Waals surface area contributed by atoms with Crippen LogP contribution in [0, 0.1) is 0 Å². The summed E-state index contributed by atoms with van der Waals surface area (Å²) in [7, 11) is 2.11. The average Bonchev–Trinajstić information content (AvgIpc) is 3.19. The van der Waals surface area contributed by atoms with E-state index in [1.807, 2.05) is 12.3 Å². The first-order valence-corrected chi connectivity index (χ1v) is 8.51. The van der Waals surface area contributed by atoms with Gasteiger partial charge in [-0.1, -0.05) is 6.07 Å². The first kappa shape index (κ1) is 14.0. The Balaban J connectivity index is 1.70. The van der Waals surface area contributed by atoms with Gasteiger partial charge in [-0.05, 0) is 51.8 Å². The molecule has 106 valence electrons. The highest BCUT2D eigenvalue weighted by atomic mass is 79.9. The minimum atomic E-state index is 0.723. The Hall–Kier alpha value is -0.910. The Bertz CT molecular complexity index is 580. The van der Waals surface area contributed by atoms with E-state index in [0.29, 0.717) is 0 Å². The summed E-state index contributed by atoms with van der Waals surface area (Å²) in [5.41, 5.74) is 2.59. The maximum absolute atomic E-state index is 4.56. The zero-order valence-corrected chi connectivity index (χ0v) is 13.9. The smallest absolute Gasteiger partial charge is 0.133 e. The standard InChI is InChI=1S/C15H18BrN3S/c1-19(9-11-7-14(16)20-10-11)15-12(3-2-6-17-15)8-18-13-4-5-13/h2-3,6-7,10,13,18H,4-5,8-9H2,1H3. The van der Waals surface area contributed by atoms with Gasteiger partial charge in [0.1, 0.15) is 5.82 Å². The van der Waals surface area contributed by atoms with Crippen LogP contribution in [-0.2, 0) is 13.1 Å². The van der Waals surface area contributed by atoms with Gasteiger partial charge in [-0.15, -0.1) is 11.3 Å². The van der Waals surface area contributed by atoms with Crippen molar-refractivity contribution in [3.05, 3.63) is 44.7 Å². The van der Waals surface area contributed by atoms with E-state index in [-0.39, 0.29) is 0 Å². The van der Waals surface area contributed by atoms with Gasteiger partial charge in [0.25, 0.3) is 0 Å². The zero-order chi connectivity index (χ0) is 13.9. The van der Waals surface area contributed by atoms with Gasteiger partial charge in [-0.25, -0.2) is 4.98 Å². The maximum atomic E-state index is 4.56. The lowest BCUT2D eigenvalue weighted by atomic mass is 10.2. The number of nitrogens with zero attached hydrogens (tertiary/aromatic N) is 2. The number of hydrogen-bond donors (Lipinski definition) is 1. The summed E-state index contributed by atoms with van der Waals surface area (Å²) >= 11 is 5.24. The van der Waals surface area contributed by atoms with Crippen LogP contribution in [0.5, 0.6) is 0 Å². The van der Waals surface area contributed by atoms with Crippen LogP contribution < -0.4 is 10.2 Å². The van der Waals surface area contributed by atoms with Gasteiger partial charge >= 0.3 is 0 Å². The third kappa shape index (κ3) is 3.59. The molecule has 0 aliphatic heterocycles. The van der Waals surface area contributed by atoms with Crippen LogP contribution >= 0.6 is 27.3 Å². The predicted octanol–water partition coefficient (Wildman–Crippen LogP) is 3.79. The fraction of sp³-hybridized carbons (Fsp3) is 0.400. The molecule has 2 aromatic rings. The van der Waals surface area contributed by atoms with Crippen LogP contribution in [0.1, 0.15) is 24.0 Å². The fourth-order valence-electron chi connectivity index (χ4n) is 2.23. The Labute approximate surface area is 132 Å². The minimum Gasteiger partial charge on any atom is -0.355 e. The zero-order valence-electron chi connectivity index (χ0n) is 11.5. The molecule has 1 aliphatic carbocycles. The number of halogens is 1. The topological polar surface area (TPSA) is 28.2 Å². The first-order valence-electron chi connectivity index (χ1n) is 6.83. The highest BCUT2D eigenvalue weighted by Crippen LogP contribution is 2.25. The summed E-state index contributed by atoms with van der Waals surface area (Å²) in [6, 6.07) is 7.08. The molecule has 0 spiro atoms. The number of nitrogens with one attached hydrogen (secondary N) is 1. The van der Waals surface area contributed by atoms with Crippen molar-refractivity contribution in [2.75, 3.05) is 11.9 Å². The molecule has 5 heteroatoms. The molecule has 2 heterocycles. The third-order valence-electron chi connectivity index (χ3n) is 3.43. The van der Waals surface area contributed by atoms with Gasteiger partial charge in [0.2, 0.25) is 0 Å². The fourth-order valence-corrected chi connectivity index (χ4v) is 3.43. The molecule has 20 heavy (non-hydrogen) atoms. The molecule has 1 saturated carbocycles. The number of hydrogen-bond acceptors (Lipinski definition) is 4. The largest absolute Gasteiger partial charge is 0.355 e. The second-order valence-corrected chi connectivity index (χ2v) is 7.55. The van der Waals surface area contributed by atoms with Crippen LogP contribution in [-0.4, -0.2) is 18.1 Å². The van der Waals surface area contributed by atoms with E-state index in [1.165, 1.54) is 27.8 Å². The Morgan fingerprint density at radius 3 is 3.05 bits per heavy atom. The average molecular weight is 352 g/mol. The summed E-state index contributed by atoms with van der Waals surface area (Å²) in [6.45, 7) is 1.79. The van der Waals surface area contributed by atoms with Gasteiger partial charge in [0, 0.05) is 37.9 Å². The van der Waals surface area contributed by atoms with E-state index in [9.17, 15) is 0 Å². The van der Waals surface area contributed by atoms with E-state index in [0.717, 1.165) is 24.9 Å². The SMILES string of the molecule is CN(Cc1csc(Br)c1)c1ncccc1CNC1CC1. The number of thiophene rings is 1. The van der Waals surface area contributed by atoms with Crippen LogP contribution in [0.3, 0.4) is 0 Å². The third-order valence-corrected chi connectivity index (χ3v) is 4.98. The monoisotopic (exact) mass is 351 g/mol. The number of pyridine rings is 1. The molecule has 1 fully saturated rings. The van der Waals surface area contributed by atoms with Crippen molar-refractivity contribution in [3.8, 4) is 0 Å². The number of rotatable bonds is 6. The van der Waals surface area contributed by atoms with E-state index in [2.05, 4.69) is 55.7 Å². The molecule has 1 N–H and O–H groups in total.